The average Bonchev–Trinajstić information content (AvgIpc) is 2.78. The quantitative estimate of drug-likeness (QED) is 0.823. The maximum absolute atomic E-state index is 11.3. The third kappa shape index (κ3) is 3.36. The Morgan fingerprint density at radius 1 is 1.33 bits per heavy atom. The van der Waals surface area contributed by atoms with Gasteiger partial charge in [0.05, 0.1) is 5.56 Å². The lowest BCUT2D eigenvalue weighted by Gasteiger charge is -2.18. The number of hydrogen-bond acceptors (Lipinski definition) is 3. The Bertz CT molecular complexity index is 630. The highest BCUT2D eigenvalue weighted by molar-refractivity contribution is 6.05. The molecular weight excluding hydrogens is 268 g/mol. The zero-order valence-corrected chi connectivity index (χ0v) is 12.8. The fourth-order valence-corrected chi connectivity index (χ4v) is 2.50. The van der Waals surface area contributed by atoms with Crippen LogP contribution < -0.4 is 4.74 Å². The van der Waals surface area contributed by atoms with Crippen molar-refractivity contribution >= 4 is 16.9 Å². The zero-order chi connectivity index (χ0) is 15.4. The van der Waals surface area contributed by atoms with Gasteiger partial charge in [-0.1, -0.05) is 13.8 Å². The first kappa shape index (κ1) is 15.4. The topological polar surface area (TPSA) is 65.6 Å². The van der Waals surface area contributed by atoms with Gasteiger partial charge in [0, 0.05) is 23.1 Å². The summed E-state index contributed by atoms with van der Waals surface area (Å²) < 4.78 is 5.74. The van der Waals surface area contributed by atoms with Crippen molar-refractivity contribution in [3.8, 4) is 5.75 Å². The number of benzene rings is 1. The van der Waals surface area contributed by atoms with Gasteiger partial charge in [0.1, 0.15) is 12.4 Å². The number of rotatable bonds is 7. The zero-order valence-electron chi connectivity index (χ0n) is 12.8. The first-order valence-corrected chi connectivity index (χ1v) is 7.27. The Morgan fingerprint density at radius 3 is 2.67 bits per heavy atom. The van der Waals surface area contributed by atoms with Crippen LogP contribution in [0.3, 0.4) is 0 Å². The fourth-order valence-electron chi connectivity index (χ4n) is 2.50. The van der Waals surface area contributed by atoms with E-state index in [1.807, 2.05) is 12.1 Å². The van der Waals surface area contributed by atoms with E-state index in [4.69, 9.17) is 4.74 Å². The van der Waals surface area contributed by atoms with Crippen molar-refractivity contribution in [1.82, 2.24) is 9.88 Å². The molecule has 5 nitrogen and oxygen atoms in total. The van der Waals surface area contributed by atoms with Crippen LogP contribution in [0.25, 0.3) is 10.9 Å². The summed E-state index contributed by atoms with van der Waals surface area (Å²) in [5.74, 6) is -0.213. The second-order valence-corrected chi connectivity index (χ2v) is 5.01. The molecule has 0 amide bonds. The summed E-state index contributed by atoms with van der Waals surface area (Å²) in [4.78, 5) is 16.7. The molecule has 0 fully saturated rings. The number of H-pyrrole nitrogens is 1. The number of aromatic carboxylic acids is 1. The Morgan fingerprint density at radius 2 is 2.05 bits per heavy atom. The summed E-state index contributed by atoms with van der Waals surface area (Å²) in [6.45, 7) is 9.47. The number of carbonyl (C=O) groups is 1. The predicted molar refractivity (Wildman–Crippen MR) is 83.3 cm³/mol. The van der Waals surface area contributed by atoms with Gasteiger partial charge in [0.15, 0.2) is 0 Å². The Kier molecular flexibility index (Phi) is 4.85. The first-order chi connectivity index (χ1) is 10.1. The van der Waals surface area contributed by atoms with Crippen LogP contribution in [0.2, 0.25) is 0 Å². The molecular formula is C16H22N2O3. The molecule has 2 N–H and O–H groups in total. The Labute approximate surface area is 124 Å². The molecule has 2 aromatic rings. The predicted octanol–water partition coefficient (Wildman–Crippen LogP) is 2.90. The third-order valence-electron chi connectivity index (χ3n) is 3.74. The minimum absolute atomic E-state index is 0.319. The van der Waals surface area contributed by atoms with E-state index in [9.17, 15) is 9.90 Å². The van der Waals surface area contributed by atoms with Gasteiger partial charge < -0.3 is 19.7 Å². The van der Waals surface area contributed by atoms with Gasteiger partial charge in [-0.15, -0.1) is 0 Å². The van der Waals surface area contributed by atoms with E-state index in [0.29, 0.717) is 29.0 Å². The van der Waals surface area contributed by atoms with Crippen LogP contribution in [-0.2, 0) is 0 Å². The normalized spacial score (nSPS) is 11.2. The minimum Gasteiger partial charge on any atom is -0.492 e. The van der Waals surface area contributed by atoms with E-state index in [1.54, 1.807) is 13.0 Å². The number of hydrogen-bond donors (Lipinski definition) is 2. The molecule has 1 heterocycles. The van der Waals surface area contributed by atoms with Crippen molar-refractivity contribution in [2.24, 2.45) is 0 Å². The number of nitrogens with zero attached hydrogens (tertiary/aromatic N) is 1. The maximum atomic E-state index is 11.3. The van der Waals surface area contributed by atoms with E-state index in [1.165, 1.54) is 0 Å². The lowest BCUT2D eigenvalue weighted by Crippen LogP contribution is -2.27. The largest absolute Gasteiger partial charge is 0.492 e. The minimum atomic E-state index is -0.918. The summed E-state index contributed by atoms with van der Waals surface area (Å²) in [5, 5.41) is 9.98. The smallest absolute Gasteiger partial charge is 0.338 e. The van der Waals surface area contributed by atoms with Crippen LogP contribution in [-0.4, -0.2) is 47.2 Å². The molecule has 21 heavy (non-hydrogen) atoms. The number of nitrogens with one attached hydrogen (secondary N) is 1. The SMILES string of the molecule is CCN(CC)CCOc1ccc2[nH]c(C)c(C(=O)O)c2c1. The van der Waals surface area contributed by atoms with E-state index < -0.39 is 5.97 Å². The van der Waals surface area contributed by atoms with Gasteiger partial charge in [-0.2, -0.15) is 0 Å². The van der Waals surface area contributed by atoms with Crippen molar-refractivity contribution in [1.29, 1.82) is 0 Å². The lowest BCUT2D eigenvalue weighted by atomic mass is 10.1. The van der Waals surface area contributed by atoms with Crippen molar-refractivity contribution < 1.29 is 14.6 Å². The van der Waals surface area contributed by atoms with Gasteiger partial charge in [0.25, 0.3) is 0 Å². The molecule has 2 rings (SSSR count). The molecule has 0 spiro atoms. The highest BCUT2D eigenvalue weighted by Gasteiger charge is 2.15. The van der Waals surface area contributed by atoms with Crippen LogP contribution in [0.5, 0.6) is 5.75 Å². The summed E-state index contributed by atoms with van der Waals surface area (Å²) in [7, 11) is 0. The summed E-state index contributed by atoms with van der Waals surface area (Å²) >= 11 is 0. The van der Waals surface area contributed by atoms with Gasteiger partial charge in [0.2, 0.25) is 0 Å². The monoisotopic (exact) mass is 290 g/mol. The molecule has 0 aliphatic heterocycles. The van der Waals surface area contributed by atoms with Crippen LogP contribution >= 0.6 is 0 Å². The molecule has 0 saturated carbocycles. The standard InChI is InChI=1S/C16H22N2O3/c1-4-18(5-2)8-9-21-12-6-7-14-13(10-12)15(16(19)20)11(3)17-14/h6-7,10,17H,4-5,8-9H2,1-3H3,(H,19,20). The van der Waals surface area contributed by atoms with Crippen molar-refractivity contribution in [2.45, 2.75) is 20.8 Å². The molecule has 0 aliphatic carbocycles. The van der Waals surface area contributed by atoms with Crippen molar-refractivity contribution in [3.63, 3.8) is 0 Å². The number of likely N-dealkylation sites (N-methyl/N-ethyl adjacent to an activating group) is 1. The molecule has 0 bridgehead atoms. The average molecular weight is 290 g/mol. The number of aromatic amines is 1. The summed E-state index contributed by atoms with van der Waals surface area (Å²) in [5.41, 5.74) is 1.80. The molecule has 114 valence electrons. The number of carboxylic acid groups (broad SMARTS) is 1. The lowest BCUT2D eigenvalue weighted by molar-refractivity contribution is 0.0698. The summed E-state index contributed by atoms with van der Waals surface area (Å²) in [6, 6.07) is 5.53. The molecule has 0 saturated heterocycles. The van der Waals surface area contributed by atoms with Crippen molar-refractivity contribution in [2.75, 3.05) is 26.2 Å². The van der Waals surface area contributed by atoms with Gasteiger partial charge >= 0.3 is 5.97 Å². The number of aromatic nitrogens is 1. The number of aryl methyl sites for hydroxylation is 1. The molecule has 0 unspecified atom stereocenters. The van der Waals surface area contributed by atoms with E-state index in [0.717, 1.165) is 25.2 Å². The maximum Gasteiger partial charge on any atom is 0.338 e. The summed E-state index contributed by atoms with van der Waals surface area (Å²) in [6.07, 6.45) is 0. The number of fused-ring (bicyclic) bond motifs is 1. The molecule has 0 radical (unpaired) electrons. The third-order valence-corrected chi connectivity index (χ3v) is 3.74. The Hall–Kier alpha value is -2.01. The van der Waals surface area contributed by atoms with E-state index >= 15 is 0 Å². The van der Waals surface area contributed by atoms with Crippen LogP contribution in [0.15, 0.2) is 18.2 Å². The van der Waals surface area contributed by atoms with Crippen LogP contribution in [0.4, 0.5) is 0 Å². The number of carboxylic acids is 1. The van der Waals surface area contributed by atoms with Gasteiger partial charge in [-0.05, 0) is 38.2 Å². The van der Waals surface area contributed by atoms with Crippen LogP contribution in [0, 0.1) is 6.92 Å². The molecule has 1 aromatic carbocycles. The van der Waals surface area contributed by atoms with Gasteiger partial charge in [-0.25, -0.2) is 4.79 Å². The second-order valence-electron chi connectivity index (χ2n) is 5.01. The Balaban J connectivity index is 2.15. The molecule has 1 aromatic heterocycles. The van der Waals surface area contributed by atoms with E-state index in [2.05, 4.69) is 23.7 Å². The van der Waals surface area contributed by atoms with Gasteiger partial charge in [-0.3, -0.25) is 0 Å². The molecule has 0 atom stereocenters. The second kappa shape index (κ2) is 6.63. The highest BCUT2D eigenvalue weighted by Crippen LogP contribution is 2.26. The molecule has 5 heteroatoms. The fraction of sp³-hybridized carbons (Fsp3) is 0.438. The number of ether oxygens (including phenoxy) is 1. The van der Waals surface area contributed by atoms with Crippen molar-refractivity contribution in [3.05, 3.63) is 29.5 Å². The first-order valence-electron chi connectivity index (χ1n) is 7.27. The molecule has 0 aliphatic rings. The highest BCUT2D eigenvalue weighted by atomic mass is 16.5. The van der Waals surface area contributed by atoms with Crippen LogP contribution in [0.1, 0.15) is 29.9 Å². The van der Waals surface area contributed by atoms with E-state index in [-0.39, 0.29) is 0 Å².